The summed E-state index contributed by atoms with van der Waals surface area (Å²) in [5, 5.41) is 7.79. The first kappa shape index (κ1) is 16.8. The predicted octanol–water partition coefficient (Wildman–Crippen LogP) is 2.85. The van der Waals surface area contributed by atoms with E-state index in [1.807, 2.05) is 12.1 Å². The summed E-state index contributed by atoms with van der Waals surface area (Å²) >= 11 is 5.86. The van der Waals surface area contributed by atoms with E-state index in [1.54, 1.807) is 30.1 Å². The molecule has 1 unspecified atom stereocenters. The molecule has 2 heterocycles. The third-order valence-electron chi connectivity index (χ3n) is 3.76. The maximum Gasteiger partial charge on any atom is 0.276 e. The van der Waals surface area contributed by atoms with Crippen molar-refractivity contribution >= 4 is 29.9 Å². The number of halogens is 2. The van der Waals surface area contributed by atoms with E-state index in [0.29, 0.717) is 16.5 Å². The number of rotatable bonds is 3. The molecule has 1 fully saturated rings. The SMILES string of the molecule is CN(C(=O)c1cc(-c2ccc(Cl)cc2)on1)C1CCNC1.Cl. The third-order valence-corrected chi connectivity index (χ3v) is 4.01. The molecular weight excluding hydrogens is 325 g/mol. The molecule has 1 aromatic heterocycles. The van der Waals surface area contributed by atoms with Gasteiger partial charge in [0.05, 0.1) is 0 Å². The Balaban J connectivity index is 0.00000176. The fourth-order valence-corrected chi connectivity index (χ4v) is 2.57. The molecule has 118 valence electrons. The minimum absolute atomic E-state index is 0. The van der Waals surface area contributed by atoms with E-state index in [4.69, 9.17) is 16.1 Å². The first-order valence-electron chi connectivity index (χ1n) is 6.85. The highest BCUT2D eigenvalue weighted by atomic mass is 35.5. The van der Waals surface area contributed by atoms with E-state index in [-0.39, 0.29) is 24.4 Å². The number of carbonyl (C=O) groups excluding carboxylic acids is 1. The zero-order valence-electron chi connectivity index (χ0n) is 12.1. The molecule has 7 heteroatoms. The Hall–Kier alpha value is -1.56. The maximum absolute atomic E-state index is 12.4. The lowest BCUT2D eigenvalue weighted by atomic mass is 10.1. The summed E-state index contributed by atoms with van der Waals surface area (Å²) < 4.78 is 5.27. The highest BCUT2D eigenvalue weighted by molar-refractivity contribution is 6.30. The molecule has 0 spiro atoms. The molecule has 1 amide bonds. The van der Waals surface area contributed by atoms with Crippen molar-refractivity contribution in [2.45, 2.75) is 12.5 Å². The molecule has 1 aromatic carbocycles. The zero-order valence-corrected chi connectivity index (χ0v) is 13.7. The van der Waals surface area contributed by atoms with E-state index in [0.717, 1.165) is 25.1 Å². The number of nitrogens with one attached hydrogen (secondary N) is 1. The molecule has 1 atom stereocenters. The Morgan fingerprint density at radius 3 is 2.77 bits per heavy atom. The summed E-state index contributed by atoms with van der Waals surface area (Å²) in [6, 6.07) is 9.11. The van der Waals surface area contributed by atoms with Crippen LogP contribution in [-0.4, -0.2) is 42.1 Å². The van der Waals surface area contributed by atoms with Crippen LogP contribution >= 0.6 is 24.0 Å². The third kappa shape index (κ3) is 3.43. The standard InChI is InChI=1S/C15H16ClN3O2.ClH/c1-19(12-6-7-17-9-12)15(20)13-8-14(21-18-13)10-2-4-11(16)5-3-10;/h2-5,8,12,17H,6-7,9H2,1H3;1H. The van der Waals surface area contributed by atoms with E-state index in [2.05, 4.69) is 10.5 Å². The van der Waals surface area contributed by atoms with Crippen molar-refractivity contribution < 1.29 is 9.32 Å². The van der Waals surface area contributed by atoms with Crippen LogP contribution in [0.1, 0.15) is 16.9 Å². The first-order chi connectivity index (χ1) is 10.1. The molecule has 1 aliphatic rings. The zero-order chi connectivity index (χ0) is 14.8. The summed E-state index contributed by atoms with van der Waals surface area (Å²) in [5.41, 5.74) is 1.17. The molecule has 3 rings (SSSR count). The first-order valence-corrected chi connectivity index (χ1v) is 7.23. The van der Waals surface area contributed by atoms with Crippen LogP contribution in [0.4, 0.5) is 0 Å². The van der Waals surface area contributed by atoms with Gasteiger partial charge < -0.3 is 14.7 Å². The van der Waals surface area contributed by atoms with Crippen molar-refractivity contribution in [3.8, 4) is 11.3 Å². The van der Waals surface area contributed by atoms with Gasteiger partial charge in [0.25, 0.3) is 5.91 Å². The van der Waals surface area contributed by atoms with Gasteiger partial charge in [-0.05, 0) is 37.2 Å². The van der Waals surface area contributed by atoms with Crippen LogP contribution in [0, 0.1) is 0 Å². The van der Waals surface area contributed by atoms with Gasteiger partial charge in [-0.25, -0.2) is 0 Å². The van der Waals surface area contributed by atoms with Crippen molar-refractivity contribution in [3.63, 3.8) is 0 Å². The van der Waals surface area contributed by atoms with Gasteiger partial charge in [-0.1, -0.05) is 16.8 Å². The summed E-state index contributed by atoms with van der Waals surface area (Å²) in [5.74, 6) is 0.445. The van der Waals surface area contributed by atoms with Crippen molar-refractivity contribution in [2.75, 3.05) is 20.1 Å². The average molecular weight is 342 g/mol. The topological polar surface area (TPSA) is 58.4 Å². The quantitative estimate of drug-likeness (QED) is 0.932. The Kier molecular flexibility index (Phi) is 5.45. The molecule has 1 saturated heterocycles. The second kappa shape index (κ2) is 7.13. The van der Waals surface area contributed by atoms with Gasteiger partial charge in [0.1, 0.15) is 0 Å². The summed E-state index contributed by atoms with van der Waals surface area (Å²) in [6.07, 6.45) is 0.962. The molecule has 1 N–H and O–H groups in total. The summed E-state index contributed by atoms with van der Waals surface area (Å²) in [4.78, 5) is 14.1. The van der Waals surface area contributed by atoms with Gasteiger partial charge in [0.2, 0.25) is 0 Å². The van der Waals surface area contributed by atoms with Gasteiger partial charge >= 0.3 is 0 Å². The molecule has 2 aromatic rings. The van der Waals surface area contributed by atoms with Crippen LogP contribution in [0.2, 0.25) is 5.02 Å². The Morgan fingerprint density at radius 1 is 1.41 bits per heavy atom. The Bertz CT molecular complexity index is 636. The molecule has 0 radical (unpaired) electrons. The number of aromatic nitrogens is 1. The van der Waals surface area contributed by atoms with Crippen LogP contribution in [-0.2, 0) is 0 Å². The minimum atomic E-state index is -0.118. The average Bonchev–Trinajstić information content (AvgIpc) is 3.18. The number of hydrogen-bond acceptors (Lipinski definition) is 4. The van der Waals surface area contributed by atoms with E-state index in [1.165, 1.54) is 0 Å². The molecule has 0 bridgehead atoms. The molecular formula is C15H17Cl2N3O2. The van der Waals surface area contributed by atoms with Crippen molar-refractivity contribution in [1.82, 2.24) is 15.4 Å². The number of hydrogen-bond donors (Lipinski definition) is 1. The number of nitrogens with zero attached hydrogens (tertiary/aromatic N) is 2. The fraction of sp³-hybridized carbons (Fsp3) is 0.333. The number of benzene rings is 1. The van der Waals surface area contributed by atoms with Gasteiger partial charge in [-0.2, -0.15) is 0 Å². The van der Waals surface area contributed by atoms with E-state index in [9.17, 15) is 4.79 Å². The van der Waals surface area contributed by atoms with Crippen molar-refractivity contribution in [3.05, 3.63) is 41.0 Å². The molecule has 0 saturated carbocycles. The highest BCUT2D eigenvalue weighted by Crippen LogP contribution is 2.23. The summed E-state index contributed by atoms with van der Waals surface area (Å²) in [6.45, 7) is 1.77. The molecule has 1 aliphatic heterocycles. The maximum atomic E-state index is 12.4. The number of carbonyl (C=O) groups is 1. The van der Waals surface area contributed by atoms with Crippen molar-refractivity contribution in [1.29, 1.82) is 0 Å². The van der Waals surface area contributed by atoms with Crippen LogP contribution in [0.3, 0.4) is 0 Å². The number of amides is 1. The van der Waals surface area contributed by atoms with Gasteiger partial charge in [-0.3, -0.25) is 4.79 Å². The number of likely N-dealkylation sites (N-methyl/N-ethyl adjacent to an activating group) is 1. The Labute approximate surface area is 140 Å². The van der Waals surface area contributed by atoms with E-state index < -0.39 is 0 Å². The van der Waals surface area contributed by atoms with Gasteiger partial charge in [-0.15, -0.1) is 12.4 Å². The lowest BCUT2D eigenvalue weighted by Gasteiger charge is -2.22. The van der Waals surface area contributed by atoms with Crippen LogP contribution in [0.25, 0.3) is 11.3 Å². The fourth-order valence-electron chi connectivity index (χ4n) is 2.44. The van der Waals surface area contributed by atoms with Crippen molar-refractivity contribution in [2.24, 2.45) is 0 Å². The summed E-state index contributed by atoms with van der Waals surface area (Å²) in [7, 11) is 1.80. The van der Waals surface area contributed by atoms with E-state index >= 15 is 0 Å². The van der Waals surface area contributed by atoms with Crippen LogP contribution in [0.5, 0.6) is 0 Å². The molecule has 22 heavy (non-hydrogen) atoms. The lowest BCUT2D eigenvalue weighted by Crippen LogP contribution is -2.38. The predicted molar refractivity (Wildman–Crippen MR) is 87.6 cm³/mol. The second-order valence-corrected chi connectivity index (χ2v) is 5.58. The second-order valence-electron chi connectivity index (χ2n) is 5.15. The minimum Gasteiger partial charge on any atom is -0.355 e. The Morgan fingerprint density at radius 2 is 2.14 bits per heavy atom. The largest absolute Gasteiger partial charge is 0.355 e. The van der Waals surface area contributed by atoms with Gasteiger partial charge in [0.15, 0.2) is 11.5 Å². The van der Waals surface area contributed by atoms with Gasteiger partial charge in [0, 0.05) is 36.3 Å². The molecule has 0 aliphatic carbocycles. The van der Waals surface area contributed by atoms with Crippen LogP contribution in [0.15, 0.2) is 34.9 Å². The normalized spacial score (nSPS) is 17.1. The highest BCUT2D eigenvalue weighted by Gasteiger charge is 2.26. The lowest BCUT2D eigenvalue weighted by molar-refractivity contribution is 0.0733. The molecule has 5 nitrogen and oxygen atoms in total. The monoisotopic (exact) mass is 341 g/mol. The van der Waals surface area contributed by atoms with Crippen LogP contribution < -0.4 is 5.32 Å². The smallest absolute Gasteiger partial charge is 0.276 e.